The summed E-state index contributed by atoms with van der Waals surface area (Å²) in [5.41, 5.74) is 1.05. The fourth-order valence-electron chi connectivity index (χ4n) is 2.88. The van der Waals surface area contributed by atoms with E-state index in [9.17, 15) is 9.90 Å². The number of methoxy groups -OCH3 is 2. The first-order chi connectivity index (χ1) is 13.1. The molecule has 1 aliphatic heterocycles. The zero-order valence-electron chi connectivity index (χ0n) is 15.4. The Kier molecular flexibility index (Phi) is 5.90. The van der Waals surface area contributed by atoms with Crippen molar-refractivity contribution in [2.75, 3.05) is 33.9 Å². The lowest BCUT2D eigenvalue weighted by Gasteiger charge is -2.14. The molecule has 1 atom stereocenters. The van der Waals surface area contributed by atoms with Gasteiger partial charge in [-0.3, -0.25) is 0 Å². The second-order valence-corrected chi connectivity index (χ2v) is 6.20. The predicted molar refractivity (Wildman–Crippen MR) is 98.7 cm³/mol. The molecular formula is C20H23NO6. The summed E-state index contributed by atoms with van der Waals surface area (Å²) in [5, 5.41) is 9.27. The van der Waals surface area contributed by atoms with Crippen LogP contribution in [0, 0.1) is 0 Å². The van der Waals surface area contributed by atoms with Crippen molar-refractivity contribution in [3.63, 3.8) is 0 Å². The Balaban J connectivity index is 1.50. The molecule has 1 N–H and O–H groups in total. The van der Waals surface area contributed by atoms with Crippen LogP contribution in [0.15, 0.2) is 42.5 Å². The van der Waals surface area contributed by atoms with Gasteiger partial charge in [-0.05, 0) is 48.4 Å². The van der Waals surface area contributed by atoms with E-state index in [1.54, 1.807) is 43.4 Å². The number of nitrogens with zero attached hydrogens (tertiary/aromatic N) is 1. The summed E-state index contributed by atoms with van der Waals surface area (Å²) >= 11 is 0. The van der Waals surface area contributed by atoms with Gasteiger partial charge in [0.15, 0.2) is 17.6 Å². The lowest BCUT2D eigenvalue weighted by atomic mass is 10.1. The molecule has 0 radical (unpaired) electrons. The van der Waals surface area contributed by atoms with Crippen molar-refractivity contribution in [3.05, 3.63) is 48.0 Å². The van der Waals surface area contributed by atoms with Crippen LogP contribution < -0.4 is 14.2 Å². The number of hydrogen-bond donors (Lipinski definition) is 1. The fourth-order valence-corrected chi connectivity index (χ4v) is 2.88. The Labute approximate surface area is 158 Å². The lowest BCUT2D eigenvalue weighted by Crippen LogP contribution is -2.28. The number of carbonyl (C=O) groups excluding carboxylic acids is 1. The summed E-state index contributed by atoms with van der Waals surface area (Å²) in [6.07, 6.45) is 0.0209. The van der Waals surface area contributed by atoms with Crippen molar-refractivity contribution in [1.29, 1.82) is 0 Å². The van der Waals surface area contributed by atoms with Crippen LogP contribution in [0.25, 0.3) is 0 Å². The number of benzene rings is 2. The van der Waals surface area contributed by atoms with Crippen molar-refractivity contribution in [1.82, 2.24) is 4.90 Å². The average Bonchev–Trinajstić information content (AvgIpc) is 3.05. The maximum atomic E-state index is 12.1. The predicted octanol–water partition coefficient (Wildman–Crippen LogP) is 2.85. The van der Waals surface area contributed by atoms with Gasteiger partial charge in [-0.2, -0.15) is 0 Å². The van der Waals surface area contributed by atoms with Gasteiger partial charge in [-0.25, -0.2) is 4.79 Å². The minimum absolute atomic E-state index is 0.177. The van der Waals surface area contributed by atoms with Gasteiger partial charge >= 0.3 is 6.09 Å². The van der Waals surface area contributed by atoms with Gasteiger partial charge in [0.2, 0.25) is 0 Å². The van der Waals surface area contributed by atoms with E-state index in [2.05, 4.69) is 0 Å². The molecule has 1 amide bonds. The lowest BCUT2D eigenvalue weighted by molar-refractivity contribution is 0.103. The number of rotatable bonds is 8. The molecule has 0 aliphatic carbocycles. The third-order valence-corrected chi connectivity index (χ3v) is 4.34. The van der Waals surface area contributed by atoms with Gasteiger partial charge in [0.1, 0.15) is 18.1 Å². The second-order valence-electron chi connectivity index (χ2n) is 6.20. The van der Waals surface area contributed by atoms with Crippen LogP contribution in [0.5, 0.6) is 23.0 Å². The molecule has 144 valence electrons. The minimum atomic E-state index is -0.338. The van der Waals surface area contributed by atoms with Crippen LogP contribution >= 0.6 is 0 Å². The van der Waals surface area contributed by atoms with E-state index in [1.807, 2.05) is 18.2 Å². The van der Waals surface area contributed by atoms with Crippen LogP contribution in [0.3, 0.4) is 0 Å². The highest BCUT2D eigenvalue weighted by Crippen LogP contribution is 2.28. The summed E-state index contributed by atoms with van der Waals surface area (Å²) in [5.74, 6) is 2.14. The number of ether oxygens (including phenoxy) is 4. The number of aromatic hydroxyl groups is 1. The number of phenols is 1. The third-order valence-electron chi connectivity index (χ3n) is 4.34. The Morgan fingerprint density at radius 2 is 1.85 bits per heavy atom. The van der Waals surface area contributed by atoms with Crippen molar-refractivity contribution >= 4 is 6.09 Å². The highest BCUT2D eigenvalue weighted by atomic mass is 16.6. The molecule has 0 spiro atoms. The first-order valence-electron chi connectivity index (χ1n) is 8.67. The van der Waals surface area contributed by atoms with Crippen molar-refractivity contribution in [3.8, 4) is 23.0 Å². The summed E-state index contributed by atoms with van der Waals surface area (Å²) in [6.45, 7) is 1.29. The van der Waals surface area contributed by atoms with E-state index in [0.717, 1.165) is 5.56 Å². The molecule has 0 bridgehead atoms. The fraction of sp³-hybridized carbons (Fsp3) is 0.350. The van der Waals surface area contributed by atoms with Gasteiger partial charge in [0.05, 0.1) is 20.8 Å². The van der Waals surface area contributed by atoms with Crippen molar-refractivity contribution in [2.45, 2.75) is 12.5 Å². The molecule has 0 aromatic heterocycles. The Morgan fingerprint density at radius 3 is 2.56 bits per heavy atom. The first-order valence-corrected chi connectivity index (χ1v) is 8.67. The third kappa shape index (κ3) is 4.75. The van der Waals surface area contributed by atoms with Crippen molar-refractivity contribution in [2.24, 2.45) is 0 Å². The number of phenolic OH excluding ortho intramolecular Hbond substituents is 1. The van der Waals surface area contributed by atoms with E-state index in [1.165, 1.54) is 0 Å². The minimum Gasteiger partial charge on any atom is -0.508 e. The summed E-state index contributed by atoms with van der Waals surface area (Å²) in [6, 6.07) is 12.1. The molecule has 1 heterocycles. The van der Waals surface area contributed by atoms with Crippen LogP contribution in [0.4, 0.5) is 4.79 Å². The Bertz CT molecular complexity index is 777. The largest absolute Gasteiger partial charge is 0.508 e. The maximum absolute atomic E-state index is 12.1. The first kappa shape index (κ1) is 18.7. The van der Waals surface area contributed by atoms with E-state index in [-0.39, 0.29) is 24.6 Å². The smallest absolute Gasteiger partial charge is 0.410 e. The Morgan fingerprint density at radius 1 is 1.11 bits per heavy atom. The summed E-state index contributed by atoms with van der Waals surface area (Å²) < 4.78 is 21.5. The monoisotopic (exact) mass is 373 g/mol. The number of hydrogen-bond acceptors (Lipinski definition) is 6. The SMILES string of the molecule is COc1ccc(CCN2CC(COc3ccc(O)cc3)OC2=O)cc1OC. The van der Waals surface area contributed by atoms with E-state index < -0.39 is 0 Å². The molecule has 1 aliphatic rings. The summed E-state index contributed by atoms with van der Waals surface area (Å²) in [7, 11) is 3.19. The van der Waals surface area contributed by atoms with E-state index in [0.29, 0.717) is 36.8 Å². The van der Waals surface area contributed by atoms with Gasteiger partial charge in [0.25, 0.3) is 0 Å². The van der Waals surface area contributed by atoms with Gasteiger partial charge in [-0.1, -0.05) is 6.07 Å². The van der Waals surface area contributed by atoms with Gasteiger partial charge < -0.3 is 29.0 Å². The van der Waals surface area contributed by atoms with Crippen LogP contribution in [-0.2, 0) is 11.2 Å². The van der Waals surface area contributed by atoms with E-state index in [4.69, 9.17) is 18.9 Å². The molecule has 2 aromatic rings. The number of cyclic esters (lactones) is 1. The standard InChI is InChI=1S/C20H23NO6/c1-24-18-8-3-14(11-19(18)25-2)9-10-21-12-17(27-20(21)23)13-26-16-6-4-15(22)5-7-16/h3-8,11,17,22H,9-10,12-13H2,1-2H3. The zero-order chi connectivity index (χ0) is 19.2. The molecule has 0 saturated carbocycles. The molecule has 1 saturated heterocycles. The molecule has 27 heavy (non-hydrogen) atoms. The molecular weight excluding hydrogens is 350 g/mol. The molecule has 3 rings (SSSR count). The van der Waals surface area contributed by atoms with Crippen LogP contribution in [-0.4, -0.2) is 56.1 Å². The highest BCUT2D eigenvalue weighted by Gasteiger charge is 2.31. The quantitative estimate of drug-likeness (QED) is 0.767. The Hall–Kier alpha value is -3.09. The number of amides is 1. The normalized spacial score (nSPS) is 16.1. The summed E-state index contributed by atoms with van der Waals surface area (Å²) in [4.78, 5) is 13.7. The zero-order valence-corrected chi connectivity index (χ0v) is 15.4. The molecule has 2 aromatic carbocycles. The topological polar surface area (TPSA) is 77.5 Å². The van der Waals surface area contributed by atoms with Crippen LogP contribution in [0.2, 0.25) is 0 Å². The molecule has 7 nitrogen and oxygen atoms in total. The van der Waals surface area contributed by atoms with Crippen LogP contribution in [0.1, 0.15) is 5.56 Å². The number of carbonyl (C=O) groups is 1. The molecule has 1 unspecified atom stereocenters. The highest BCUT2D eigenvalue weighted by molar-refractivity contribution is 5.69. The maximum Gasteiger partial charge on any atom is 0.410 e. The van der Waals surface area contributed by atoms with Crippen molar-refractivity contribution < 1.29 is 28.8 Å². The van der Waals surface area contributed by atoms with E-state index >= 15 is 0 Å². The van der Waals surface area contributed by atoms with Gasteiger partial charge in [0, 0.05) is 6.54 Å². The second kappa shape index (κ2) is 8.53. The molecule has 1 fully saturated rings. The molecule has 7 heteroatoms. The average molecular weight is 373 g/mol. The van der Waals surface area contributed by atoms with Gasteiger partial charge in [-0.15, -0.1) is 0 Å².